The zero-order valence-electron chi connectivity index (χ0n) is 15.8. The van der Waals surface area contributed by atoms with Crippen LogP contribution in [0.3, 0.4) is 0 Å². The number of carbonyl (C=O) groups excluding carboxylic acids is 2. The van der Waals surface area contributed by atoms with Gasteiger partial charge in [0.2, 0.25) is 5.91 Å². The standard InChI is InChI=1S/C21H23F2N3O3/c22-20(23)29-18-9-7-14(8-10-18)12-24-21(28)25-13-15-3-1-6-17(11-15)26-19(27)16-4-2-5-16/h1,3,6-11,16,20H,2,4-5,12-13H2,(H,26,27)(H2,24,25,28). The summed E-state index contributed by atoms with van der Waals surface area (Å²) < 4.78 is 28.5. The molecule has 3 N–H and O–H groups in total. The highest BCUT2D eigenvalue weighted by atomic mass is 19.3. The molecular weight excluding hydrogens is 380 g/mol. The summed E-state index contributed by atoms with van der Waals surface area (Å²) in [5, 5.41) is 8.35. The Kier molecular flexibility index (Phi) is 6.99. The predicted octanol–water partition coefficient (Wildman–Crippen LogP) is 4.03. The summed E-state index contributed by atoms with van der Waals surface area (Å²) in [6.07, 6.45) is 2.98. The van der Waals surface area contributed by atoms with Crippen molar-refractivity contribution in [1.82, 2.24) is 10.6 Å². The Morgan fingerprint density at radius 2 is 1.69 bits per heavy atom. The number of halogens is 2. The van der Waals surface area contributed by atoms with Crippen molar-refractivity contribution in [2.45, 2.75) is 39.0 Å². The largest absolute Gasteiger partial charge is 0.435 e. The van der Waals surface area contributed by atoms with Gasteiger partial charge in [-0.1, -0.05) is 30.7 Å². The molecule has 0 bridgehead atoms. The van der Waals surface area contributed by atoms with E-state index < -0.39 is 6.61 Å². The van der Waals surface area contributed by atoms with E-state index in [1.807, 2.05) is 24.3 Å². The van der Waals surface area contributed by atoms with Crippen molar-refractivity contribution in [1.29, 1.82) is 0 Å². The smallest absolute Gasteiger partial charge is 0.387 e. The number of ether oxygens (including phenoxy) is 1. The zero-order valence-corrected chi connectivity index (χ0v) is 15.8. The number of hydrogen-bond acceptors (Lipinski definition) is 3. The Morgan fingerprint density at radius 1 is 1.00 bits per heavy atom. The molecule has 0 aliphatic heterocycles. The van der Waals surface area contributed by atoms with Crippen LogP contribution in [0.2, 0.25) is 0 Å². The molecule has 29 heavy (non-hydrogen) atoms. The van der Waals surface area contributed by atoms with Gasteiger partial charge in [-0.3, -0.25) is 4.79 Å². The van der Waals surface area contributed by atoms with E-state index in [1.165, 1.54) is 12.1 Å². The monoisotopic (exact) mass is 403 g/mol. The molecular formula is C21H23F2N3O3. The first-order chi connectivity index (χ1) is 14.0. The normalized spacial score (nSPS) is 13.5. The molecule has 3 rings (SSSR count). The molecule has 1 aliphatic rings. The molecule has 0 spiro atoms. The summed E-state index contributed by atoms with van der Waals surface area (Å²) in [5.74, 6) is 0.222. The van der Waals surface area contributed by atoms with Crippen molar-refractivity contribution >= 4 is 17.6 Å². The third-order valence-electron chi connectivity index (χ3n) is 4.73. The first-order valence-corrected chi connectivity index (χ1v) is 9.45. The molecule has 0 saturated heterocycles. The van der Waals surface area contributed by atoms with Gasteiger partial charge in [-0.15, -0.1) is 0 Å². The van der Waals surface area contributed by atoms with Crippen molar-refractivity contribution in [3.63, 3.8) is 0 Å². The Balaban J connectivity index is 1.42. The van der Waals surface area contributed by atoms with E-state index in [-0.39, 0.29) is 30.2 Å². The van der Waals surface area contributed by atoms with Crippen molar-refractivity contribution < 1.29 is 23.1 Å². The second kappa shape index (κ2) is 9.86. The fourth-order valence-corrected chi connectivity index (χ4v) is 2.89. The molecule has 1 aliphatic carbocycles. The summed E-state index contributed by atoms with van der Waals surface area (Å²) in [6, 6.07) is 13.0. The molecule has 1 saturated carbocycles. The SMILES string of the molecule is O=C(NCc1ccc(OC(F)F)cc1)NCc1cccc(NC(=O)C2CCC2)c1. The van der Waals surface area contributed by atoms with Gasteiger partial charge in [-0.2, -0.15) is 8.78 Å². The molecule has 0 heterocycles. The van der Waals surface area contributed by atoms with Gasteiger partial charge < -0.3 is 20.7 Å². The molecule has 154 valence electrons. The molecule has 0 atom stereocenters. The maximum absolute atomic E-state index is 12.1. The van der Waals surface area contributed by atoms with Gasteiger partial charge in [-0.05, 0) is 48.2 Å². The van der Waals surface area contributed by atoms with Crippen LogP contribution in [0.4, 0.5) is 19.3 Å². The minimum Gasteiger partial charge on any atom is -0.435 e. The van der Waals surface area contributed by atoms with Crippen LogP contribution >= 0.6 is 0 Å². The van der Waals surface area contributed by atoms with E-state index in [0.717, 1.165) is 30.4 Å². The van der Waals surface area contributed by atoms with Crippen LogP contribution in [0, 0.1) is 5.92 Å². The number of anilines is 1. The molecule has 3 amide bonds. The maximum atomic E-state index is 12.1. The third kappa shape index (κ3) is 6.44. The quantitative estimate of drug-likeness (QED) is 0.623. The first-order valence-electron chi connectivity index (χ1n) is 9.45. The fourth-order valence-electron chi connectivity index (χ4n) is 2.89. The van der Waals surface area contributed by atoms with E-state index in [1.54, 1.807) is 12.1 Å². The van der Waals surface area contributed by atoms with Crippen molar-refractivity contribution in [2.75, 3.05) is 5.32 Å². The van der Waals surface area contributed by atoms with E-state index in [2.05, 4.69) is 20.7 Å². The Bertz CT molecular complexity index is 839. The molecule has 0 aromatic heterocycles. The summed E-state index contributed by atoms with van der Waals surface area (Å²) in [4.78, 5) is 24.0. The van der Waals surface area contributed by atoms with Gasteiger partial charge in [0, 0.05) is 24.7 Å². The van der Waals surface area contributed by atoms with Gasteiger partial charge in [0.1, 0.15) is 5.75 Å². The Labute approximate surface area is 167 Å². The van der Waals surface area contributed by atoms with Crippen molar-refractivity contribution in [3.05, 3.63) is 59.7 Å². The minimum atomic E-state index is -2.87. The minimum absolute atomic E-state index is 0.0454. The lowest BCUT2D eigenvalue weighted by Gasteiger charge is -2.24. The number of rotatable bonds is 8. The number of carbonyl (C=O) groups is 2. The zero-order chi connectivity index (χ0) is 20.6. The molecule has 6 nitrogen and oxygen atoms in total. The molecule has 1 fully saturated rings. The van der Waals surface area contributed by atoms with Gasteiger partial charge in [0.05, 0.1) is 0 Å². The highest BCUT2D eigenvalue weighted by Gasteiger charge is 2.25. The van der Waals surface area contributed by atoms with Crippen molar-refractivity contribution in [2.24, 2.45) is 5.92 Å². The number of benzene rings is 2. The van der Waals surface area contributed by atoms with Crippen LogP contribution < -0.4 is 20.7 Å². The summed E-state index contributed by atoms with van der Waals surface area (Å²) >= 11 is 0. The van der Waals surface area contributed by atoms with E-state index >= 15 is 0 Å². The van der Waals surface area contributed by atoms with E-state index in [9.17, 15) is 18.4 Å². The second-order valence-electron chi connectivity index (χ2n) is 6.88. The van der Waals surface area contributed by atoms with Gasteiger partial charge in [-0.25, -0.2) is 4.79 Å². The maximum Gasteiger partial charge on any atom is 0.387 e. The number of amides is 3. The highest BCUT2D eigenvalue weighted by molar-refractivity contribution is 5.93. The highest BCUT2D eigenvalue weighted by Crippen LogP contribution is 2.27. The Hall–Kier alpha value is -3.16. The molecule has 2 aromatic carbocycles. The first kappa shape index (κ1) is 20.6. The van der Waals surface area contributed by atoms with E-state index in [0.29, 0.717) is 12.2 Å². The molecule has 0 radical (unpaired) electrons. The van der Waals surface area contributed by atoms with Crippen molar-refractivity contribution in [3.8, 4) is 5.75 Å². The third-order valence-corrected chi connectivity index (χ3v) is 4.73. The van der Waals surface area contributed by atoms with Crippen LogP contribution in [0.1, 0.15) is 30.4 Å². The van der Waals surface area contributed by atoms with Crippen LogP contribution in [0.15, 0.2) is 48.5 Å². The molecule has 0 unspecified atom stereocenters. The van der Waals surface area contributed by atoms with Crippen LogP contribution in [-0.4, -0.2) is 18.5 Å². The average molecular weight is 403 g/mol. The lowest BCUT2D eigenvalue weighted by molar-refractivity contribution is -0.122. The van der Waals surface area contributed by atoms with Gasteiger partial charge in [0.25, 0.3) is 0 Å². The average Bonchev–Trinajstić information content (AvgIpc) is 2.64. The summed E-state index contributed by atoms with van der Waals surface area (Å²) in [7, 11) is 0. The molecule has 2 aromatic rings. The topological polar surface area (TPSA) is 79.5 Å². The van der Waals surface area contributed by atoms with Gasteiger partial charge in [0.15, 0.2) is 0 Å². The Morgan fingerprint density at radius 3 is 2.31 bits per heavy atom. The van der Waals surface area contributed by atoms with Crippen LogP contribution in [0.25, 0.3) is 0 Å². The van der Waals surface area contributed by atoms with Crippen LogP contribution in [-0.2, 0) is 17.9 Å². The lowest BCUT2D eigenvalue weighted by atomic mass is 9.85. The summed E-state index contributed by atoms with van der Waals surface area (Å²) in [5.41, 5.74) is 2.33. The second-order valence-corrected chi connectivity index (χ2v) is 6.88. The predicted molar refractivity (Wildman–Crippen MR) is 105 cm³/mol. The summed E-state index contributed by atoms with van der Waals surface area (Å²) in [6.45, 7) is -2.31. The van der Waals surface area contributed by atoms with E-state index in [4.69, 9.17) is 0 Å². The number of hydrogen-bond donors (Lipinski definition) is 3. The lowest BCUT2D eigenvalue weighted by Crippen LogP contribution is -2.34. The fraction of sp³-hybridized carbons (Fsp3) is 0.333. The number of urea groups is 1. The van der Waals surface area contributed by atoms with Crippen LogP contribution in [0.5, 0.6) is 5.75 Å². The number of alkyl halides is 2. The number of nitrogens with one attached hydrogen (secondary N) is 3. The van der Waals surface area contributed by atoms with Gasteiger partial charge >= 0.3 is 12.6 Å². The molecule has 8 heteroatoms.